The molecule has 0 atom stereocenters. The standard InChI is InChI=1S/C13H15ClN4/c14-12-9-16-10-17-13(12)18(8-4-7-15)11-5-2-1-3-6-11/h1-3,5-6,9-10H,4,7-8,15H2. The van der Waals surface area contributed by atoms with Crippen molar-refractivity contribution in [2.45, 2.75) is 6.42 Å². The van der Waals surface area contributed by atoms with Gasteiger partial charge in [0.15, 0.2) is 5.82 Å². The van der Waals surface area contributed by atoms with Crippen LogP contribution in [0.25, 0.3) is 0 Å². The van der Waals surface area contributed by atoms with E-state index >= 15 is 0 Å². The van der Waals surface area contributed by atoms with Gasteiger partial charge in [-0.2, -0.15) is 0 Å². The molecular formula is C13H15ClN4. The van der Waals surface area contributed by atoms with E-state index in [-0.39, 0.29) is 0 Å². The molecule has 0 aliphatic heterocycles. The third kappa shape index (κ3) is 2.97. The van der Waals surface area contributed by atoms with Crippen LogP contribution in [0.3, 0.4) is 0 Å². The maximum atomic E-state index is 6.15. The first-order valence-corrected chi connectivity index (χ1v) is 6.19. The van der Waals surface area contributed by atoms with Gasteiger partial charge in [0, 0.05) is 12.2 Å². The van der Waals surface area contributed by atoms with Crippen molar-refractivity contribution in [2.24, 2.45) is 5.73 Å². The molecule has 0 aliphatic rings. The van der Waals surface area contributed by atoms with E-state index in [1.165, 1.54) is 6.33 Å². The summed E-state index contributed by atoms with van der Waals surface area (Å²) in [6.07, 6.45) is 3.97. The number of anilines is 2. The number of hydrogen-bond donors (Lipinski definition) is 1. The molecule has 2 aromatic rings. The van der Waals surface area contributed by atoms with Crippen LogP contribution >= 0.6 is 11.6 Å². The molecule has 94 valence electrons. The van der Waals surface area contributed by atoms with E-state index in [0.717, 1.165) is 18.7 Å². The molecule has 4 nitrogen and oxygen atoms in total. The van der Waals surface area contributed by atoms with Crippen molar-refractivity contribution < 1.29 is 0 Å². The topological polar surface area (TPSA) is 55.0 Å². The highest BCUT2D eigenvalue weighted by atomic mass is 35.5. The molecule has 2 N–H and O–H groups in total. The van der Waals surface area contributed by atoms with Crippen molar-refractivity contribution in [2.75, 3.05) is 18.0 Å². The first-order chi connectivity index (χ1) is 8.83. The van der Waals surface area contributed by atoms with Crippen LogP contribution in [0.4, 0.5) is 11.5 Å². The Bertz CT molecular complexity index is 489. The van der Waals surface area contributed by atoms with Gasteiger partial charge >= 0.3 is 0 Å². The highest BCUT2D eigenvalue weighted by Crippen LogP contribution is 2.28. The van der Waals surface area contributed by atoms with Gasteiger partial charge in [0.05, 0.1) is 6.20 Å². The summed E-state index contributed by atoms with van der Waals surface area (Å²) >= 11 is 6.15. The van der Waals surface area contributed by atoms with Crippen LogP contribution in [-0.4, -0.2) is 23.1 Å². The lowest BCUT2D eigenvalue weighted by molar-refractivity contribution is 0.808. The van der Waals surface area contributed by atoms with E-state index in [1.807, 2.05) is 30.3 Å². The molecule has 0 radical (unpaired) electrons. The van der Waals surface area contributed by atoms with Crippen LogP contribution in [0.1, 0.15) is 6.42 Å². The molecule has 0 spiro atoms. The zero-order chi connectivity index (χ0) is 12.8. The molecule has 5 heteroatoms. The van der Waals surface area contributed by atoms with E-state index < -0.39 is 0 Å². The molecule has 0 bridgehead atoms. The second-order valence-electron chi connectivity index (χ2n) is 3.82. The van der Waals surface area contributed by atoms with Crippen molar-refractivity contribution in [1.29, 1.82) is 0 Å². The van der Waals surface area contributed by atoms with Crippen LogP contribution < -0.4 is 10.6 Å². The summed E-state index contributed by atoms with van der Waals surface area (Å²) < 4.78 is 0. The fourth-order valence-electron chi connectivity index (χ4n) is 1.72. The van der Waals surface area contributed by atoms with E-state index in [0.29, 0.717) is 17.4 Å². The largest absolute Gasteiger partial charge is 0.330 e. The van der Waals surface area contributed by atoms with E-state index in [2.05, 4.69) is 14.9 Å². The molecule has 1 aromatic carbocycles. The van der Waals surface area contributed by atoms with Crippen LogP contribution in [0, 0.1) is 0 Å². The summed E-state index contributed by atoms with van der Waals surface area (Å²) in [6.45, 7) is 1.41. The smallest absolute Gasteiger partial charge is 0.155 e. The first-order valence-electron chi connectivity index (χ1n) is 5.81. The third-order valence-corrected chi connectivity index (χ3v) is 2.82. The molecule has 0 aliphatic carbocycles. The summed E-state index contributed by atoms with van der Waals surface area (Å²) in [5.74, 6) is 0.714. The number of benzene rings is 1. The average Bonchev–Trinajstić information content (AvgIpc) is 2.42. The van der Waals surface area contributed by atoms with E-state index in [4.69, 9.17) is 17.3 Å². The third-order valence-electron chi connectivity index (χ3n) is 2.56. The summed E-state index contributed by atoms with van der Waals surface area (Å²) in [4.78, 5) is 10.2. The minimum absolute atomic E-state index is 0.540. The number of rotatable bonds is 5. The maximum Gasteiger partial charge on any atom is 0.155 e. The van der Waals surface area contributed by atoms with Crippen molar-refractivity contribution in [3.8, 4) is 0 Å². The Kier molecular flexibility index (Phi) is 4.50. The number of nitrogens with two attached hydrogens (primary N) is 1. The fourth-order valence-corrected chi connectivity index (χ4v) is 1.93. The Labute approximate surface area is 111 Å². The molecule has 1 heterocycles. The van der Waals surface area contributed by atoms with Crippen LogP contribution in [0.5, 0.6) is 0 Å². The Hall–Kier alpha value is -1.65. The van der Waals surface area contributed by atoms with E-state index in [1.54, 1.807) is 6.20 Å². The number of aromatic nitrogens is 2. The predicted octanol–water partition coefficient (Wildman–Crippen LogP) is 2.62. The Morgan fingerprint density at radius 1 is 1.22 bits per heavy atom. The van der Waals surface area contributed by atoms with Crippen molar-refractivity contribution in [3.05, 3.63) is 47.9 Å². The molecule has 0 saturated heterocycles. The van der Waals surface area contributed by atoms with Gasteiger partial charge in [-0.3, -0.25) is 0 Å². The lowest BCUT2D eigenvalue weighted by atomic mass is 10.2. The highest BCUT2D eigenvalue weighted by Gasteiger charge is 2.13. The van der Waals surface area contributed by atoms with Gasteiger partial charge in [-0.1, -0.05) is 29.8 Å². The molecule has 0 saturated carbocycles. The summed E-state index contributed by atoms with van der Waals surface area (Å²) in [5, 5.41) is 0.540. The molecule has 2 rings (SSSR count). The zero-order valence-corrected chi connectivity index (χ0v) is 10.7. The lowest BCUT2D eigenvalue weighted by Gasteiger charge is -2.24. The van der Waals surface area contributed by atoms with Crippen molar-refractivity contribution in [3.63, 3.8) is 0 Å². The normalized spacial score (nSPS) is 10.3. The van der Waals surface area contributed by atoms with Crippen LogP contribution in [0.2, 0.25) is 5.02 Å². The Balaban J connectivity index is 2.34. The quantitative estimate of drug-likeness (QED) is 0.900. The molecule has 0 amide bonds. The van der Waals surface area contributed by atoms with E-state index in [9.17, 15) is 0 Å². The Morgan fingerprint density at radius 2 is 2.00 bits per heavy atom. The van der Waals surface area contributed by atoms with Gasteiger partial charge in [0.1, 0.15) is 11.3 Å². The van der Waals surface area contributed by atoms with Crippen molar-refractivity contribution in [1.82, 2.24) is 9.97 Å². The van der Waals surface area contributed by atoms with Crippen LogP contribution in [0.15, 0.2) is 42.9 Å². The lowest BCUT2D eigenvalue weighted by Crippen LogP contribution is -2.22. The molecule has 18 heavy (non-hydrogen) atoms. The molecular weight excluding hydrogens is 248 g/mol. The molecule has 1 aromatic heterocycles. The maximum absolute atomic E-state index is 6.15. The predicted molar refractivity (Wildman–Crippen MR) is 74.2 cm³/mol. The summed E-state index contributed by atoms with van der Waals surface area (Å²) in [7, 11) is 0. The van der Waals surface area contributed by atoms with Gasteiger partial charge in [0.2, 0.25) is 0 Å². The van der Waals surface area contributed by atoms with Gasteiger partial charge < -0.3 is 10.6 Å². The van der Waals surface area contributed by atoms with Gasteiger partial charge in [0.25, 0.3) is 0 Å². The van der Waals surface area contributed by atoms with Gasteiger partial charge in [-0.25, -0.2) is 9.97 Å². The zero-order valence-electron chi connectivity index (χ0n) is 9.96. The minimum atomic E-state index is 0.540. The average molecular weight is 263 g/mol. The second-order valence-corrected chi connectivity index (χ2v) is 4.23. The fraction of sp³-hybridized carbons (Fsp3) is 0.231. The molecule has 0 fully saturated rings. The Morgan fingerprint density at radius 3 is 2.67 bits per heavy atom. The number of halogens is 1. The number of hydrogen-bond acceptors (Lipinski definition) is 4. The first kappa shape index (κ1) is 12.8. The van der Waals surface area contributed by atoms with Gasteiger partial charge in [-0.15, -0.1) is 0 Å². The van der Waals surface area contributed by atoms with Gasteiger partial charge in [-0.05, 0) is 25.1 Å². The monoisotopic (exact) mass is 262 g/mol. The number of nitrogens with zero attached hydrogens (tertiary/aromatic N) is 3. The number of para-hydroxylation sites is 1. The van der Waals surface area contributed by atoms with Crippen molar-refractivity contribution >= 4 is 23.1 Å². The molecule has 0 unspecified atom stereocenters. The summed E-state index contributed by atoms with van der Waals surface area (Å²) in [6, 6.07) is 10.00. The minimum Gasteiger partial charge on any atom is -0.330 e. The summed E-state index contributed by atoms with van der Waals surface area (Å²) in [5.41, 5.74) is 6.63. The van der Waals surface area contributed by atoms with Crippen LogP contribution in [-0.2, 0) is 0 Å². The SMILES string of the molecule is NCCCN(c1ccccc1)c1ncncc1Cl. The highest BCUT2D eigenvalue weighted by molar-refractivity contribution is 6.32. The second kappa shape index (κ2) is 6.33.